The van der Waals surface area contributed by atoms with E-state index in [1.165, 1.54) is 12.3 Å². The molecule has 0 aliphatic rings. The molecule has 0 saturated carbocycles. The van der Waals surface area contributed by atoms with Crippen molar-refractivity contribution < 1.29 is 9.90 Å². The van der Waals surface area contributed by atoms with Crippen LogP contribution in [0.2, 0.25) is 5.02 Å². The third-order valence-corrected chi connectivity index (χ3v) is 4.20. The summed E-state index contributed by atoms with van der Waals surface area (Å²) in [6, 6.07) is 10.0. The number of aliphatic imine (C=N–C) groups is 2. The van der Waals surface area contributed by atoms with Crippen molar-refractivity contribution in [2.45, 2.75) is 6.92 Å². The first-order valence-corrected chi connectivity index (χ1v) is 8.52. The summed E-state index contributed by atoms with van der Waals surface area (Å²) in [7, 11) is 0. The number of aromatic carboxylic acids is 1. The van der Waals surface area contributed by atoms with Gasteiger partial charge in [0.1, 0.15) is 11.5 Å². The molecule has 140 valence electrons. The van der Waals surface area contributed by atoms with Gasteiger partial charge >= 0.3 is 5.97 Å². The minimum atomic E-state index is -1.06. The molecule has 0 fully saturated rings. The van der Waals surface area contributed by atoms with E-state index in [1.807, 2.05) is 6.92 Å². The van der Waals surface area contributed by atoms with Gasteiger partial charge in [-0.15, -0.1) is 0 Å². The van der Waals surface area contributed by atoms with Gasteiger partial charge in [0.15, 0.2) is 5.82 Å². The maximum absolute atomic E-state index is 11.5. The van der Waals surface area contributed by atoms with Crippen molar-refractivity contribution in [1.82, 2.24) is 9.97 Å². The molecule has 0 spiro atoms. The number of nitrogens with one attached hydrogen (secondary N) is 1. The number of carboxylic acid groups (broad SMARTS) is 1. The molecule has 0 saturated heterocycles. The van der Waals surface area contributed by atoms with E-state index in [0.29, 0.717) is 33.1 Å². The minimum absolute atomic E-state index is 0.111. The Hall–Kier alpha value is -3.58. The predicted octanol–water partition coefficient (Wildman–Crippen LogP) is 4.73. The first-order valence-electron chi connectivity index (χ1n) is 8.15. The van der Waals surface area contributed by atoms with Crippen LogP contribution in [0, 0.1) is 6.92 Å². The maximum atomic E-state index is 11.5. The fraction of sp³-hybridized carbons (Fsp3) is 0.0500. The summed E-state index contributed by atoms with van der Waals surface area (Å²) in [5.74, 6) is -0.395. The van der Waals surface area contributed by atoms with Gasteiger partial charge in [0.05, 0.1) is 23.0 Å². The van der Waals surface area contributed by atoms with Crippen LogP contribution in [0.3, 0.4) is 0 Å². The average Bonchev–Trinajstić information content (AvgIpc) is 2.66. The zero-order chi connectivity index (χ0) is 20.3. The molecule has 1 aromatic heterocycles. The van der Waals surface area contributed by atoms with E-state index in [4.69, 9.17) is 11.6 Å². The number of hydrogen-bond acceptors (Lipinski definition) is 6. The van der Waals surface area contributed by atoms with Gasteiger partial charge in [-0.3, -0.25) is 9.98 Å². The van der Waals surface area contributed by atoms with Gasteiger partial charge in [-0.2, -0.15) is 0 Å². The molecule has 7 nitrogen and oxygen atoms in total. The van der Waals surface area contributed by atoms with Crippen molar-refractivity contribution >= 4 is 59.1 Å². The molecule has 2 aromatic carbocycles. The summed E-state index contributed by atoms with van der Waals surface area (Å²) in [4.78, 5) is 28.2. The first kappa shape index (κ1) is 19.2. The second kappa shape index (κ2) is 7.98. The Morgan fingerprint density at radius 3 is 2.68 bits per heavy atom. The summed E-state index contributed by atoms with van der Waals surface area (Å²) in [6.07, 6.45) is 1.40. The van der Waals surface area contributed by atoms with E-state index < -0.39 is 5.97 Å². The van der Waals surface area contributed by atoms with Crippen LogP contribution in [0.15, 0.2) is 52.6 Å². The van der Waals surface area contributed by atoms with Crippen LogP contribution >= 0.6 is 11.6 Å². The Kier molecular flexibility index (Phi) is 5.47. The fourth-order valence-electron chi connectivity index (χ4n) is 2.73. The third kappa shape index (κ3) is 3.74. The number of aromatic nitrogens is 2. The number of anilines is 2. The van der Waals surface area contributed by atoms with Crippen molar-refractivity contribution in [3.8, 4) is 0 Å². The van der Waals surface area contributed by atoms with Crippen LogP contribution in [0.25, 0.3) is 16.6 Å². The molecule has 0 bridgehead atoms. The van der Waals surface area contributed by atoms with Crippen LogP contribution in [0.4, 0.5) is 11.5 Å². The zero-order valence-electron chi connectivity index (χ0n) is 15.0. The molecular weight excluding hydrogens is 378 g/mol. The third-order valence-electron chi connectivity index (χ3n) is 3.98. The summed E-state index contributed by atoms with van der Waals surface area (Å²) in [5, 5.41) is 13.7. The zero-order valence-corrected chi connectivity index (χ0v) is 15.7. The van der Waals surface area contributed by atoms with Gasteiger partial charge in [0.2, 0.25) is 0 Å². The van der Waals surface area contributed by atoms with Crippen LogP contribution < -0.4 is 5.32 Å². The van der Waals surface area contributed by atoms with Crippen LogP contribution in [-0.4, -0.2) is 34.5 Å². The first-order chi connectivity index (χ1) is 13.4. The van der Waals surface area contributed by atoms with Crippen molar-refractivity contribution in [2.24, 2.45) is 9.98 Å². The highest BCUT2D eigenvalue weighted by molar-refractivity contribution is 6.31. The van der Waals surface area contributed by atoms with E-state index in [-0.39, 0.29) is 11.4 Å². The number of carboxylic acids is 1. The second-order valence-corrected chi connectivity index (χ2v) is 6.28. The number of para-hydroxylation sites is 1. The number of aryl methyl sites for hydroxylation is 1. The topological polar surface area (TPSA) is 99.8 Å². The Labute approximate surface area is 166 Å². The number of fused-ring (bicyclic) bond motifs is 1. The number of nitrogens with zero attached hydrogens (tertiary/aromatic N) is 4. The molecule has 1 heterocycles. The SMILES string of the molecule is C=N/C=C(\N=C)c1nc(Nc2ccccc2C(=O)O)c2cc(Cl)cc(C)c2n1. The molecule has 0 unspecified atom stereocenters. The maximum Gasteiger partial charge on any atom is 0.337 e. The highest BCUT2D eigenvalue weighted by atomic mass is 35.5. The molecule has 8 heteroatoms. The second-order valence-electron chi connectivity index (χ2n) is 5.85. The summed E-state index contributed by atoms with van der Waals surface area (Å²) >= 11 is 6.22. The van der Waals surface area contributed by atoms with E-state index >= 15 is 0 Å². The van der Waals surface area contributed by atoms with Crippen molar-refractivity contribution in [3.63, 3.8) is 0 Å². The quantitative estimate of drug-likeness (QED) is 0.589. The van der Waals surface area contributed by atoms with Gasteiger partial charge in [-0.1, -0.05) is 23.7 Å². The number of carbonyl (C=O) groups is 1. The molecule has 0 radical (unpaired) electrons. The van der Waals surface area contributed by atoms with E-state index in [0.717, 1.165) is 5.56 Å². The molecule has 3 rings (SSSR count). The van der Waals surface area contributed by atoms with Crippen LogP contribution in [0.5, 0.6) is 0 Å². The summed E-state index contributed by atoms with van der Waals surface area (Å²) < 4.78 is 0. The summed E-state index contributed by atoms with van der Waals surface area (Å²) in [6.45, 7) is 8.81. The lowest BCUT2D eigenvalue weighted by Gasteiger charge is -2.14. The molecular formula is C20H16ClN5O2. The minimum Gasteiger partial charge on any atom is -0.478 e. The lowest BCUT2D eigenvalue weighted by Crippen LogP contribution is -2.06. The number of benzene rings is 2. The normalized spacial score (nSPS) is 11.3. The number of hydrogen-bond donors (Lipinski definition) is 2. The largest absolute Gasteiger partial charge is 0.478 e. The molecule has 0 amide bonds. The molecule has 0 aliphatic heterocycles. The smallest absolute Gasteiger partial charge is 0.337 e. The number of halogens is 1. The van der Waals surface area contributed by atoms with Gasteiger partial charge in [-0.05, 0) is 50.2 Å². The highest BCUT2D eigenvalue weighted by Gasteiger charge is 2.16. The van der Waals surface area contributed by atoms with E-state index in [1.54, 1.807) is 30.3 Å². The fourth-order valence-corrected chi connectivity index (χ4v) is 3.01. The Balaban J connectivity index is 2.28. The lowest BCUT2D eigenvalue weighted by atomic mass is 10.1. The monoisotopic (exact) mass is 393 g/mol. The van der Waals surface area contributed by atoms with Crippen LogP contribution in [-0.2, 0) is 0 Å². The molecule has 0 aliphatic carbocycles. The molecule has 28 heavy (non-hydrogen) atoms. The predicted molar refractivity (Wildman–Crippen MR) is 113 cm³/mol. The highest BCUT2D eigenvalue weighted by Crippen LogP contribution is 2.31. The average molecular weight is 394 g/mol. The number of rotatable bonds is 6. The van der Waals surface area contributed by atoms with Gasteiger partial charge in [0.25, 0.3) is 0 Å². The van der Waals surface area contributed by atoms with Crippen molar-refractivity contribution in [3.05, 3.63) is 64.6 Å². The molecule has 3 aromatic rings. The van der Waals surface area contributed by atoms with Gasteiger partial charge in [0, 0.05) is 10.4 Å². The van der Waals surface area contributed by atoms with Gasteiger partial charge < -0.3 is 10.4 Å². The Bertz CT molecular complexity index is 1140. The van der Waals surface area contributed by atoms with E-state index in [2.05, 4.69) is 38.7 Å². The van der Waals surface area contributed by atoms with Crippen molar-refractivity contribution in [1.29, 1.82) is 0 Å². The van der Waals surface area contributed by atoms with E-state index in [9.17, 15) is 9.90 Å². The van der Waals surface area contributed by atoms with Crippen molar-refractivity contribution in [2.75, 3.05) is 5.32 Å². The standard InChI is InChI=1S/C20H16ClN5O2/c1-11-8-12(21)9-14-17(11)25-19(16(23-3)10-22-2)26-18(14)24-15-7-5-4-6-13(15)20(27)28/h4-10H,2-3H2,1H3,(H,27,28)(H,24,25,26)/b16-10-. The Morgan fingerprint density at radius 2 is 2.00 bits per heavy atom. The lowest BCUT2D eigenvalue weighted by molar-refractivity contribution is 0.0698. The summed E-state index contributed by atoms with van der Waals surface area (Å²) in [5.41, 5.74) is 2.30. The van der Waals surface area contributed by atoms with Crippen LogP contribution in [0.1, 0.15) is 21.7 Å². The molecule has 0 atom stereocenters. The molecule has 2 N–H and O–H groups in total. The Morgan fingerprint density at radius 1 is 1.25 bits per heavy atom. The van der Waals surface area contributed by atoms with Gasteiger partial charge in [-0.25, -0.2) is 14.8 Å².